The van der Waals surface area contributed by atoms with E-state index in [9.17, 15) is 19.1 Å². The molecule has 0 radical (unpaired) electrons. The van der Waals surface area contributed by atoms with Crippen LogP contribution >= 0.6 is 0 Å². The van der Waals surface area contributed by atoms with E-state index in [1.807, 2.05) is 30.9 Å². The third-order valence-electron chi connectivity index (χ3n) is 6.79. The summed E-state index contributed by atoms with van der Waals surface area (Å²) < 4.78 is 26.1. The summed E-state index contributed by atoms with van der Waals surface area (Å²) in [5.41, 5.74) is 3.95. The standard InChI is InChI=1S/C29H28FN3O5/c1-16-12-21(28-22(13-16)27(36)17(2)29(38-28)33-8-10-37-11-9-33)18(3)31-23-5-7-25(30)32-26(23)19-4-6-24(35)20(14-19)15-34/h4-7,12-15,18,31,35H,8-11H2,1-3H3. The lowest BCUT2D eigenvalue weighted by Crippen LogP contribution is -2.37. The summed E-state index contributed by atoms with van der Waals surface area (Å²) in [5.74, 6) is -0.315. The minimum absolute atomic E-state index is 0.0741. The number of carbonyl (C=O) groups is 1. The monoisotopic (exact) mass is 517 g/mol. The number of carbonyl (C=O) groups excluding carboxylic acids is 1. The van der Waals surface area contributed by atoms with E-state index in [2.05, 4.69) is 10.3 Å². The molecule has 1 aliphatic heterocycles. The molecular weight excluding hydrogens is 489 g/mol. The van der Waals surface area contributed by atoms with Gasteiger partial charge in [-0.2, -0.15) is 4.39 Å². The zero-order valence-corrected chi connectivity index (χ0v) is 21.4. The normalized spacial score (nSPS) is 14.5. The van der Waals surface area contributed by atoms with Crippen molar-refractivity contribution in [1.29, 1.82) is 0 Å². The van der Waals surface area contributed by atoms with E-state index in [0.717, 1.165) is 11.1 Å². The Balaban J connectivity index is 1.60. The highest BCUT2D eigenvalue weighted by Crippen LogP contribution is 2.35. The zero-order valence-electron chi connectivity index (χ0n) is 21.4. The number of benzene rings is 2. The molecule has 1 atom stereocenters. The summed E-state index contributed by atoms with van der Waals surface area (Å²) in [6.07, 6.45) is 0.531. The fourth-order valence-electron chi connectivity index (χ4n) is 4.83. The van der Waals surface area contributed by atoms with E-state index in [-0.39, 0.29) is 28.5 Å². The molecule has 8 nitrogen and oxygen atoms in total. The Bertz CT molecular complexity index is 1590. The highest BCUT2D eigenvalue weighted by molar-refractivity contribution is 5.86. The Kier molecular flexibility index (Phi) is 6.86. The summed E-state index contributed by atoms with van der Waals surface area (Å²) in [5, 5.41) is 13.8. The zero-order chi connectivity index (χ0) is 27.0. The number of aldehydes is 1. The van der Waals surface area contributed by atoms with Crippen LogP contribution in [0.15, 0.2) is 51.7 Å². The number of anilines is 2. The molecule has 0 saturated carbocycles. The number of rotatable bonds is 6. The molecule has 0 aliphatic carbocycles. The molecule has 3 heterocycles. The van der Waals surface area contributed by atoms with Crippen molar-refractivity contribution >= 4 is 28.8 Å². The van der Waals surface area contributed by atoms with Gasteiger partial charge < -0.3 is 24.5 Å². The molecule has 2 aromatic heterocycles. The third-order valence-corrected chi connectivity index (χ3v) is 6.79. The second-order valence-electron chi connectivity index (χ2n) is 9.48. The van der Waals surface area contributed by atoms with Crippen molar-refractivity contribution in [2.75, 3.05) is 36.5 Å². The second-order valence-corrected chi connectivity index (χ2v) is 9.48. The Hall–Kier alpha value is -4.24. The van der Waals surface area contributed by atoms with Crippen LogP contribution in [0.4, 0.5) is 16.0 Å². The summed E-state index contributed by atoms with van der Waals surface area (Å²) in [4.78, 5) is 30.8. The quantitative estimate of drug-likeness (QED) is 0.268. The van der Waals surface area contributed by atoms with Crippen LogP contribution in [0.1, 0.15) is 40.0 Å². The third kappa shape index (κ3) is 4.72. The van der Waals surface area contributed by atoms with Crippen molar-refractivity contribution in [3.63, 3.8) is 0 Å². The maximum Gasteiger partial charge on any atom is 0.213 e. The van der Waals surface area contributed by atoms with Crippen LogP contribution in [0.3, 0.4) is 0 Å². The number of phenols is 1. The second kappa shape index (κ2) is 10.3. The van der Waals surface area contributed by atoms with Gasteiger partial charge in [0.15, 0.2) is 11.7 Å². The number of aromatic nitrogens is 1. The van der Waals surface area contributed by atoms with Gasteiger partial charge in [-0.3, -0.25) is 9.59 Å². The van der Waals surface area contributed by atoms with Gasteiger partial charge in [0.05, 0.1) is 47.2 Å². The van der Waals surface area contributed by atoms with Gasteiger partial charge >= 0.3 is 0 Å². The van der Waals surface area contributed by atoms with E-state index >= 15 is 0 Å². The summed E-state index contributed by atoms with van der Waals surface area (Å²) in [7, 11) is 0. The lowest BCUT2D eigenvalue weighted by molar-refractivity contribution is 0.112. The smallest absolute Gasteiger partial charge is 0.213 e. The molecule has 0 bridgehead atoms. The highest BCUT2D eigenvalue weighted by atomic mass is 19.1. The summed E-state index contributed by atoms with van der Waals surface area (Å²) in [6, 6.07) is 10.6. The minimum Gasteiger partial charge on any atom is -0.507 e. The molecule has 2 N–H and O–H groups in total. The van der Waals surface area contributed by atoms with Crippen LogP contribution in [0.5, 0.6) is 5.75 Å². The lowest BCUT2D eigenvalue weighted by Gasteiger charge is -2.29. The number of pyridine rings is 1. The first-order valence-corrected chi connectivity index (χ1v) is 12.4. The number of halogens is 1. The van der Waals surface area contributed by atoms with Gasteiger partial charge in [0.1, 0.15) is 11.3 Å². The first kappa shape index (κ1) is 25.4. The van der Waals surface area contributed by atoms with Gasteiger partial charge in [-0.1, -0.05) is 6.07 Å². The molecule has 0 amide bonds. The predicted octanol–water partition coefficient (Wildman–Crippen LogP) is 5.14. The number of fused-ring (bicyclic) bond motifs is 1. The van der Waals surface area contributed by atoms with E-state index in [1.54, 1.807) is 19.1 Å². The average molecular weight is 518 g/mol. The largest absolute Gasteiger partial charge is 0.507 e. The maximum absolute atomic E-state index is 14.2. The van der Waals surface area contributed by atoms with E-state index in [4.69, 9.17) is 9.15 Å². The molecule has 1 fully saturated rings. The van der Waals surface area contributed by atoms with Crippen LogP contribution in [0, 0.1) is 19.8 Å². The molecule has 1 unspecified atom stereocenters. The minimum atomic E-state index is -0.684. The van der Waals surface area contributed by atoms with Crippen molar-refractivity contribution in [3.8, 4) is 17.0 Å². The van der Waals surface area contributed by atoms with Gasteiger partial charge in [0.25, 0.3) is 0 Å². The van der Waals surface area contributed by atoms with E-state index in [0.29, 0.717) is 66.3 Å². The van der Waals surface area contributed by atoms with Crippen molar-refractivity contribution in [2.45, 2.75) is 26.8 Å². The molecule has 0 spiro atoms. The number of morpholine rings is 1. The number of phenolic OH excluding ortho intramolecular Hbond substituents is 1. The maximum atomic E-state index is 14.2. The number of nitrogens with one attached hydrogen (secondary N) is 1. The van der Waals surface area contributed by atoms with Crippen molar-refractivity contribution in [2.24, 2.45) is 0 Å². The Morgan fingerprint density at radius 1 is 1.13 bits per heavy atom. The van der Waals surface area contributed by atoms with Gasteiger partial charge in [-0.25, -0.2) is 4.98 Å². The molecule has 196 valence electrons. The molecule has 9 heteroatoms. The number of nitrogens with zero attached hydrogens (tertiary/aromatic N) is 2. The topological polar surface area (TPSA) is 105 Å². The number of aromatic hydroxyl groups is 1. The number of aryl methyl sites for hydroxylation is 1. The molecule has 38 heavy (non-hydrogen) atoms. The Labute approximate surface area is 218 Å². The van der Waals surface area contributed by atoms with Crippen molar-refractivity contribution in [3.05, 3.63) is 80.9 Å². The van der Waals surface area contributed by atoms with Gasteiger partial charge in [-0.15, -0.1) is 0 Å². The average Bonchev–Trinajstić information content (AvgIpc) is 2.92. The van der Waals surface area contributed by atoms with Crippen molar-refractivity contribution < 1.29 is 23.4 Å². The van der Waals surface area contributed by atoms with Crippen molar-refractivity contribution in [1.82, 2.24) is 4.98 Å². The van der Waals surface area contributed by atoms with Crippen LogP contribution in [-0.2, 0) is 4.74 Å². The number of hydrogen-bond acceptors (Lipinski definition) is 8. The lowest BCUT2D eigenvalue weighted by atomic mass is 9.99. The van der Waals surface area contributed by atoms with Crippen LogP contribution < -0.4 is 15.6 Å². The fraction of sp³-hybridized carbons (Fsp3) is 0.276. The molecule has 4 aromatic rings. The Morgan fingerprint density at radius 3 is 2.63 bits per heavy atom. The van der Waals surface area contributed by atoms with Gasteiger partial charge in [0.2, 0.25) is 11.8 Å². The van der Waals surface area contributed by atoms with Crippen LogP contribution in [0.25, 0.3) is 22.2 Å². The summed E-state index contributed by atoms with van der Waals surface area (Å²) >= 11 is 0. The van der Waals surface area contributed by atoms with E-state index < -0.39 is 5.95 Å². The van der Waals surface area contributed by atoms with Gasteiger partial charge in [-0.05, 0) is 62.7 Å². The first-order chi connectivity index (χ1) is 18.3. The molecule has 1 saturated heterocycles. The number of hydrogen-bond donors (Lipinski definition) is 2. The Morgan fingerprint density at radius 2 is 1.89 bits per heavy atom. The van der Waals surface area contributed by atoms with Gasteiger partial charge in [0, 0.05) is 24.2 Å². The predicted molar refractivity (Wildman–Crippen MR) is 144 cm³/mol. The molecule has 1 aliphatic rings. The van der Waals surface area contributed by atoms with Crippen LogP contribution in [-0.4, -0.2) is 42.7 Å². The molecular formula is C29H28FN3O5. The number of ether oxygens (including phenoxy) is 1. The SMILES string of the molecule is Cc1cc(C(C)Nc2ccc(F)nc2-c2ccc(O)c(C=O)c2)c2oc(N3CCOCC3)c(C)c(=O)c2c1. The van der Waals surface area contributed by atoms with E-state index in [1.165, 1.54) is 18.2 Å². The molecule has 5 rings (SSSR count). The highest BCUT2D eigenvalue weighted by Gasteiger charge is 2.23. The summed E-state index contributed by atoms with van der Waals surface area (Å²) in [6.45, 7) is 7.99. The fourth-order valence-corrected chi connectivity index (χ4v) is 4.83. The first-order valence-electron chi connectivity index (χ1n) is 12.4. The molecule has 2 aromatic carbocycles. The van der Waals surface area contributed by atoms with Crippen LogP contribution in [0.2, 0.25) is 0 Å².